The fraction of sp³-hybridized carbons (Fsp3) is 0.190. The van der Waals surface area contributed by atoms with Gasteiger partial charge in [-0.2, -0.15) is 0 Å². The number of nitrogens with zero attached hydrogens (tertiary/aromatic N) is 4. The summed E-state index contributed by atoms with van der Waals surface area (Å²) in [5, 5.41) is 14.8. The quantitative estimate of drug-likeness (QED) is 0.213. The lowest BCUT2D eigenvalue weighted by atomic mass is 10.2. The minimum Gasteiger partial charge on any atom is -0.489 e. The van der Waals surface area contributed by atoms with E-state index in [1.807, 2.05) is 59.2 Å². The van der Waals surface area contributed by atoms with Gasteiger partial charge < -0.3 is 15.4 Å². The molecule has 0 fully saturated rings. The van der Waals surface area contributed by atoms with Crippen molar-refractivity contribution < 1.29 is 4.74 Å². The SMILES string of the molecule is C=CCOc1ccccc1CNC(=NC)NCc1nncn1-c1ccccc1.I. The predicted molar refractivity (Wildman–Crippen MR) is 126 cm³/mol. The van der Waals surface area contributed by atoms with Gasteiger partial charge in [0, 0.05) is 24.8 Å². The lowest BCUT2D eigenvalue weighted by Gasteiger charge is -2.14. The summed E-state index contributed by atoms with van der Waals surface area (Å²) in [5.74, 6) is 2.29. The smallest absolute Gasteiger partial charge is 0.191 e. The Labute approximate surface area is 187 Å². The average Bonchev–Trinajstić information content (AvgIpc) is 3.22. The third kappa shape index (κ3) is 6.31. The van der Waals surface area contributed by atoms with Gasteiger partial charge in [-0.3, -0.25) is 9.56 Å². The maximum Gasteiger partial charge on any atom is 0.191 e. The van der Waals surface area contributed by atoms with Crippen LogP contribution >= 0.6 is 24.0 Å². The third-order valence-electron chi connectivity index (χ3n) is 4.07. The van der Waals surface area contributed by atoms with Crippen LogP contribution in [-0.4, -0.2) is 34.4 Å². The summed E-state index contributed by atoms with van der Waals surface area (Å²) in [6.45, 7) is 5.23. The highest BCUT2D eigenvalue weighted by Gasteiger charge is 2.08. The summed E-state index contributed by atoms with van der Waals surface area (Å²) in [6, 6.07) is 17.9. The molecule has 0 amide bonds. The molecule has 0 spiro atoms. The number of ether oxygens (including phenoxy) is 1. The van der Waals surface area contributed by atoms with E-state index in [2.05, 4.69) is 32.4 Å². The molecule has 29 heavy (non-hydrogen) atoms. The van der Waals surface area contributed by atoms with Crippen LogP contribution < -0.4 is 15.4 Å². The van der Waals surface area contributed by atoms with Crippen molar-refractivity contribution in [1.82, 2.24) is 25.4 Å². The van der Waals surface area contributed by atoms with E-state index in [0.717, 1.165) is 22.8 Å². The highest BCUT2D eigenvalue weighted by Crippen LogP contribution is 2.17. The van der Waals surface area contributed by atoms with Gasteiger partial charge in [0.1, 0.15) is 18.7 Å². The van der Waals surface area contributed by atoms with Gasteiger partial charge in [-0.25, -0.2) is 0 Å². The number of hydrogen-bond donors (Lipinski definition) is 2. The Bertz CT molecular complexity index is 926. The largest absolute Gasteiger partial charge is 0.489 e. The normalized spacial score (nSPS) is 10.7. The van der Waals surface area contributed by atoms with E-state index >= 15 is 0 Å². The molecule has 0 radical (unpaired) electrons. The predicted octanol–water partition coefficient (Wildman–Crippen LogP) is 3.32. The summed E-state index contributed by atoms with van der Waals surface area (Å²) >= 11 is 0. The van der Waals surface area contributed by atoms with E-state index in [1.165, 1.54) is 0 Å². The number of aliphatic imine (C=N–C) groups is 1. The summed E-state index contributed by atoms with van der Waals surface area (Å²) in [6.07, 6.45) is 3.43. The van der Waals surface area contributed by atoms with Crippen LogP contribution in [0.5, 0.6) is 5.75 Å². The molecule has 2 aromatic carbocycles. The van der Waals surface area contributed by atoms with Crippen LogP contribution in [0, 0.1) is 0 Å². The molecule has 0 aliphatic rings. The van der Waals surface area contributed by atoms with Gasteiger partial charge in [-0.1, -0.05) is 49.1 Å². The average molecular weight is 504 g/mol. The van der Waals surface area contributed by atoms with Gasteiger partial charge in [-0.15, -0.1) is 34.2 Å². The maximum absolute atomic E-state index is 5.70. The molecular weight excluding hydrogens is 479 g/mol. The first-order chi connectivity index (χ1) is 13.8. The highest BCUT2D eigenvalue weighted by molar-refractivity contribution is 14.0. The molecule has 0 aliphatic heterocycles. The molecule has 1 aromatic heterocycles. The van der Waals surface area contributed by atoms with Crippen molar-refractivity contribution >= 4 is 29.9 Å². The summed E-state index contributed by atoms with van der Waals surface area (Å²) < 4.78 is 7.64. The van der Waals surface area contributed by atoms with Crippen LogP contribution in [0.25, 0.3) is 5.69 Å². The van der Waals surface area contributed by atoms with Gasteiger partial charge in [0.15, 0.2) is 11.8 Å². The number of nitrogens with one attached hydrogen (secondary N) is 2. The second kappa shape index (κ2) is 11.8. The first-order valence-electron chi connectivity index (χ1n) is 9.02. The minimum absolute atomic E-state index is 0. The maximum atomic E-state index is 5.70. The van der Waals surface area contributed by atoms with E-state index in [4.69, 9.17) is 4.74 Å². The molecule has 0 unspecified atom stereocenters. The van der Waals surface area contributed by atoms with Crippen molar-refractivity contribution in [2.75, 3.05) is 13.7 Å². The van der Waals surface area contributed by atoms with Crippen LogP contribution in [-0.2, 0) is 13.1 Å². The van der Waals surface area contributed by atoms with Gasteiger partial charge in [0.25, 0.3) is 0 Å². The Hall–Kier alpha value is -2.88. The third-order valence-corrected chi connectivity index (χ3v) is 4.07. The molecule has 0 saturated carbocycles. The summed E-state index contributed by atoms with van der Waals surface area (Å²) in [4.78, 5) is 4.28. The molecule has 2 N–H and O–H groups in total. The molecule has 0 aliphatic carbocycles. The fourth-order valence-electron chi connectivity index (χ4n) is 2.69. The van der Waals surface area contributed by atoms with E-state index in [1.54, 1.807) is 19.5 Å². The van der Waals surface area contributed by atoms with Crippen molar-refractivity contribution in [3.63, 3.8) is 0 Å². The fourth-order valence-corrected chi connectivity index (χ4v) is 2.69. The first kappa shape index (κ1) is 22.4. The molecular formula is C21H25IN6O. The molecule has 3 rings (SSSR count). The minimum atomic E-state index is 0. The lowest BCUT2D eigenvalue weighted by molar-refractivity contribution is 0.358. The number of aromatic nitrogens is 3. The number of guanidine groups is 1. The number of halogens is 1. The summed E-state index contributed by atoms with van der Waals surface area (Å²) in [7, 11) is 1.73. The zero-order valence-electron chi connectivity index (χ0n) is 16.3. The van der Waals surface area contributed by atoms with Crippen molar-refractivity contribution in [2.45, 2.75) is 13.1 Å². The van der Waals surface area contributed by atoms with Crippen molar-refractivity contribution in [3.05, 3.63) is 85.0 Å². The molecule has 0 bridgehead atoms. The van der Waals surface area contributed by atoms with Crippen LogP contribution in [0.4, 0.5) is 0 Å². The topological polar surface area (TPSA) is 76.4 Å². The second-order valence-electron chi connectivity index (χ2n) is 5.94. The van der Waals surface area contributed by atoms with E-state index in [0.29, 0.717) is 25.7 Å². The zero-order chi connectivity index (χ0) is 19.6. The second-order valence-corrected chi connectivity index (χ2v) is 5.94. The van der Waals surface area contributed by atoms with Gasteiger partial charge >= 0.3 is 0 Å². The Morgan fingerprint density at radius 1 is 1.10 bits per heavy atom. The number of rotatable bonds is 8. The van der Waals surface area contributed by atoms with Crippen LogP contribution in [0.1, 0.15) is 11.4 Å². The Morgan fingerprint density at radius 2 is 1.83 bits per heavy atom. The number of hydrogen-bond acceptors (Lipinski definition) is 4. The first-order valence-corrected chi connectivity index (χ1v) is 9.02. The van der Waals surface area contributed by atoms with E-state index < -0.39 is 0 Å². The highest BCUT2D eigenvalue weighted by atomic mass is 127. The Morgan fingerprint density at radius 3 is 2.59 bits per heavy atom. The molecule has 152 valence electrons. The van der Waals surface area contributed by atoms with Gasteiger partial charge in [-0.05, 0) is 18.2 Å². The van der Waals surface area contributed by atoms with Crippen molar-refractivity contribution in [2.24, 2.45) is 4.99 Å². The van der Waals surface area contributed by atoms with Crippen molar-refractivity contribution in [3.8, 4) is 11.4 Å². The lowest BCUT2D eigenvalue weighted by Crippen LogP contribution is -2.37. The standard InChI is InChI=1S/C21H24N6O.HI/c1-3-13-28-19-12-8-7-9-17(19)14-23-21(22-2)24-15-20-26-25-16-27(20)18-10-5-4-6-11-18;/h3-12,16H,1,13-15H2,2H3,(H2,22,23,24);1H. The van der Waals surface area contributed by atoms with Crippen LogP contribution in [0.2, 0.25) is 0 Å². The monoisotopic (exact) mass is 504 g/mol. The molecule has 0 saturated heterocycles. The number of benzene rings is 2. The molecule has 8 heteroatoms. The Kier molecular flexibility index (Phi) is 9.16. The molecule has 0 atom stereocenters. The summed E-state index contributed by atoms with van der Waals surface area (Å²) in [5.41, 5.74) is 2.06. The van der Waals surface area contributed by atoms with Gasteiger partial charge in [0.2, 0.25) is 0 Å². The molecule has 7 nitrogen and oxygen atoms in total. The van der Waals surface area contributed by atoms with Crippen molar-refractivity contribution in [1.29, 1.82) is 0 Å². The molecule has 3 aromatic rings. The number of para-hydroxylation sites is 2. The van der Waals surface area contributed by atoms with Crippen LogP contribution in [0.15, 0.2) is 78.6 Å². The van der Waals surface area contributed by atoms with E-state index in [-0.39, 0.29) is 24.0 Å². The molecule has 1 heterocycles. The zero-order valence-corrected chi connectivity index (χ0v) is 18.6. The van der Waals surface area contributed by atoms with E-state index in [9.17, 15) is 0 Å². The van der Waals surface area contributed by atoms with Crippen LogP contribution in [0.3, 0.4) is 0 Å². The van der Waals surface area contributed by atoms with Gasteiger partial charge in [0.05, 0.1) is 6.54 Å². The Balaban J connectivity index is 0.00000300.